The lowest BCUT2D eigenvalue weighted by Crippen LogP contribution is -1.97. The van der Waals surface area contributed by atoms with Gasteiger partial charge in [0.15, 0.2) is 0 Å². The molecule has 94 valence electrons. The summed E-state index contributed by atoms with van der Waals surface area (Å²) in [7, 11) is 0. The summed E-state index contributed by atoms with van der Waals surface area (Å²) in [6, 6.07) is 15.1. The molecule has 0 heterocycles. The van der Waals surface area contributed by atoms with Gasteiger partial charge in [0.05, 0.1) is 9.28 Å². The minimum atomic E-state index is 0.0765. The van der Waals surface area contributed by atoms with Crippen LogP contribution in [0.2, 0.25) is 5.02 Å². The Morgan fingerprint density at radius 2 is 1.58 bits per heavy atom. The zero-order chi connectivity index (χ0) is 13.4. The molecule has 0 saturated heterocycles. The predicted molar refractivity (Wildman–Crippen MR) is 86.8 cm³/mol. The lowest BCUT2D eigenvalue weighted by Gasteiger charge is -2.09. The van der Waals surface area contributed by atoms with Crippen molar-refractivity contribution in [2.24, 2.45) is 0 Å². The number of nitrogens with one attached hydrogen (secondary N) is 1. The van der Waals surface area contributed by atoms with Gasteiger partial charge in [-0.2, -0.15) is 0 Å². The van der Waals surface area contributed by atoms with E-state index in [1.807, 2.05) is 48.5 Å². The first kappa shape index (κ1) is 12.7. The summed E-state index contributed by atoms with van der Waals surface area (Å²) >= 11 is 7.96. The normalized spacial score (nSPS) is 13.7. The van der Waals surface area contributed by atoms with Crippen LogP contribution in [0.25, 0.3) is 5.70 Å². The van der Waals surface area contributed by atoms with E-state index in [0.29, 0.717) is 8.60 Å². The van der Waals surface area contributed by atoms with Gasteiger partial charge < -0.3 is 5.32 Å². The second-order valence-corrected chi connectivity index (χ2v) is 5.71. The van der Waals surface area contributed by atoms with Crippen molar-refractivity contribution in [2.45, 2.75) is 0 Å². The molecule has 1 aliphatic rings. The highest BCUT2D eigenvalue weighted by molar-refractivity contribution is 14.1. The summed E-state index contributed by atoms with van der Waals surface area (Å²) in [5.74, 6) is 0.0765. The van der Waals surface area contributed by atoms with Gasteiger partial charge in [-0.25, -0.2) is 0 Å². The van der Waals surface area contributed by atoms with Gasteiger partial charge >= 0.3 is 0 Å². The average molecular weight is 382 g/mol. The molecule has 3 rings (SSSR count). The van der Waals surface area contributed by atoms with Crippen molar-refractivity contribution in [3.63, 3.8) is 0 Å². The Morgan fingerprint density at radius 1 is 0.947 bits per heavy atom. The summed E-state index contributed by atoms with van der Waals surface area (Å²) in [4.78, 5) is 12.1. The fraction of sp³-hybridized carbons (Fsp3) is 0. The SMILES string of the molecule is O=C1C(I)=C(Nc2ccc(Cl)cc2)c2ccccc21. The Kier molecular flexibility index (Phi) is 3.33. The quantitative estimate of drug-likeness (QED) is 0.761. The van der Waals surface area contributed by atoms with Crippen LogP contribution in [0.15, 0.2) is 52.1 Å². The topological polar surface area (TPSA) is 29.1 Å². The van der Waals surface area contributed by atoms with Gasteiger partial charge in [0.2, 0.25) is 5.78 Å². The summed E-state index contributed by atoms with van der Waals surface area (Å²) in [5, 5.41) is 3.99. The number of fused-ring (bicyclic) bond motifs is 1. The Hall–Kier alpha value is -1.33. The van der Waals surface area contributed by atoms with Crippen LogP contribution in [-0.4, -0.2) is 5.78 Å². The van der Waals surface area contributed by atoms with E-state index in [1.165, 1.54) is 0 Å². The summed E-state index contributed by atoms with van der Waals surface area (Å²) < 4.78 is 0.716. The maximum absolute atomic E-state index is 12.1. The monoisotopic (exact) mass is 381 g/mol. The van der Waals surface area contributed by atoms with E-state index in [4.69, 9.17) is 11.6 Å². The van der Waals surface area contributed by atoms with E-state index in [2.05, 4.69) is 27.9 Å². The minimum absolute atomic E-state index is 0.0765. The van der Waals surface area contributed by atoms with Crippen LogP contribution in [-0.2, 0) is 0 Å². The fourth-order valence-corrected chi connectivity index (χ4v) is 2.89. The Bertz CT molecular complexity index is 692. The highest BCUT2D eigenvalue weighted by Gasteiger charge is 2.27. The van der Waals surface area contributed by atoms with Crippen LogP contribution in [0, 0.1) is 0 Å². The van der Waals surface area contributed by atoms with Gasteiger partial charge in [-0.3, -0.25) is 4.79 Å². The van der Waals surface area contributed by atoms with Gasteiger partial charge in [0, 0.05) is 21.8 Å². The summed E-state index contributed by atoms with van der Waals surface area (Å²) in [6.07, 6.45) is 0. The molecule has 2 nitrogen and oxygen atoms in total. The Labute approximate surface area is 129 Å². The molecule has 0 saturated carbocycles. The molecule has 0 aliphatic heterocycles. The second-order valence-electron chi connectivity index (χ2n) is 4.20. The summed E-state index contributed by atoms with van der Waals surface area (Å²) in [6.45, 7) is 0. The van der Waals surface area contributed by atoms with Crippen LogP contribution in [0.1, 0.15) is 15.9 Å². The molecule has 0 unspecified atom stereocenters. The minimum Gasteiger partial charge on any atom is -0.354 e. The van der Waals surface area contributed by atoms with Crippen molar-refractivity contribution < 1.29 is 4.79 Å². The number of anilines is 1. The van der Waals surface area contributed by atoms with E-state index in [-0.39, 0.29) is 5.78 Å². The van der Waals surface area contributed by atoms with Crippen molar-refractivity contribution in [2.75, 3.05) is 5.32 Å². The molecule has 0 fully saturated rings. The highest BCUT2D eigenvalue weighted by Crippen LogP contribution is 2.36. The third kappa shape index (κ3) is 2.28. The van der Waals surface area contributed by atoms with E-state index >= 15 is 0 Å². The number of hydrogen-bond acceptors (Lipinski definition) is 2. The van der Waals surface area contributed by atoms with E-state index in [9.17, 15) is 4.79 Å². The fourth-order valence-electron chi connectivity index (χ4n) is 2.05. The number of benzene rings is 2. The molecular weight excluding hydrogens is 373 g/mol. The van der Waals surface area contributed by atoms with Crippen LogP contribution >= 0.6 is 34.2 Å². The van der Waals surface area contributed by atoms with Crippen LogP contribution in [0.5, 0.6) is 0 Å². The number of allylic oxidation sites excluding steroid dienone is 1. The first-order chi connectivity index (χ1) is 9.16. The van der Waals surface area contributed by atoms with Crippen molar-refractivity contribution in [3.8, 4) is 0 Å². The van der Waals surface area contributed by atoms with Crippen molar-refractivity contribution in [1.82, 2.24) is 0 Å². The number of halogens is 2. The van der Waals surface area contributed by atoms with Crippen LogP contribution in [0.3, 0.4) is 0 Å². The first-order valence-corrected chi connectivity index (χ1v) is 7.19. The van der Waals surface area contributed by atoms with E-state index < -0.39 is 0 Å². The number of carbonyl (C=O) groups is 1. The number of rotatable bonds is 2. The van der Waals surface area contributed by atoms with Crippen LogP contribution in [0.4, 0.5) is 5.69 Å². The third-order valence-electron chi connectivity index (χ3n) is 2.97. The highest BCUT2D eigenvalue weighted by atomic mass is 127. The summed E-state index contributed by atoms with van der Waals surface area (Å²) in [5.41, 5.74) is 3.48. The first-order valence-electron chi connectivity index (χ1n) is 5.73. The van der Waals surface area contributed by atoms with Gasteiger partial charge in [-0.1, -0.05) is 35.9 Å². The Morgan fingerprint density at radius 3 is 2.26 bits per heavy atom. The van der Waals surface area contributed by atoms with Gasteiger partial charge in [0.1, 0.15) is 0 Å². The van der Waals surface area contributed by atoms with Gasteiger partial charge in [0.25, 0.3) is 0 Å². The molecular formula is C15H9ClINO. The van der Waals surface area contributed by atoms with Gasteiger partial charge in [-0.15, -0.1) is 0 Å². The number of carbonyl (C=O) groups excluding carboxylic acids is 1. The van der Waals surface area contributed by atoms with E-state index in [1.54, 1.807) is 0 Å². The number of ketones is 1. The zero-order valence-corrected chi connectivity index (χ0v) is 12.7. The molecule has 0 atom stereocenters. The molecule has 2 aromatic carbocycles. The van der Waals surface area contributed by atoms with Crippen molar-refractivity contribution in [3.05, 3.63) is 68.3 Å². The standard InChI is InChI=1S/C15H9ClINO/c16-9-5-7-10(8-6-9)18-14-11-3-1-2-4-12(11)15(19)13(14)17/h1-8,18H. The molecule has 19 heavy (non-hydrogen) atoms. The van der Waals surface area contributed by atoms with Crippen molar-refractivity contribution in [1.29, 1.82) is 0 Å². The molecule has 0 amide bonds. The number of Topliss-reactive ketones (excluding diaryl/α,β-unsaturated/α-hetero) is 1. The molecule has 0 aromatic heterocycles. The lowest BCUT2D eigenvalue weighted by atomic mass is 10.1. The smallest absolute Gasteiger partial charge is 0.201 e. The molecule has 0 radical (unpaired) electrons. The lowest BCUT2D eigenvalue weighted by molar-refractivity contribution is 0.104. The number of hydrogen-bond donors (Lipinski definition) is 1. The second kappa shape index (κ2) is 4.98. The largest absolute Gasteiger partial charge is 0.354 e. The molecule has 1 N–H and O–H groups in total. The van der Waals surface area contributed by atoms with Gasteiger partial charge in [-0.05, 0) is 46.9 Å². The molecule has 0 spiro atoms. The van der Waals surface area contributed by atoms with E-state index in [0.717, 1.165) is 22.5 Å². The maximum atomic E-state index is 12.1. The average Bonchev–Trinajstić information content (AvgIpc) is 2.67. The molecule has 2 aromatic rings. The molecule has 0 bridgehead atoms. The Balaban J connectivity index is 2.01. The third-order valence-corrected chi connectivity index (χ3v) is 4.25. The van der Waals surface area contributed by atoms with Crippen LogP contribution < -0.4 is 5.32 Å². The molecule has 1 aliphatic carbocycles. The van der Waals surface area contributed by atoms with Crippen molar-refractivity contribution >= 4 is 51.4 Å². The predicted octanol–water partition coefficient (Wildman–Crippen LogP) is 4.75. The maximum Gasteiger partial charge on any atom is 0.201 e. The zero-order valence-electron chi connectivity index (χ0n) is 9.78. The molecule has 4 heteroatoms.